The number of aliphatic carboxylic acids is 1. The van der Waals surface area contributed by atoms with Crippen LogP contribution in [0.2, 0.25) is 0 Å². The number of nitrogens with two attached hydrogens (primary N) is 1. The summed E-state index contributed by atoms with van der Waals surface area (Å²) in [4.78, 5) is 27.8. The van der Waals surface area contributed by atoms with Gasteiger partial charge in [-0.05, 0) is 11.6 Å². The second-order valence-corrected chi connectivity index (χ2v) is 4.95. The van der Waals surface area contributed by atoms with Crippen molar-refractivity contribution in [1.29, 1.82) is 0 Å². The average molecular weight is 313 g/mol. The fraction of sp³-hybridized carbons (Fsp3) is 0.200. The Labute approximate surface area is 132 Å². The molecule has 0 saturated heterocycles. The molecule has 1 aromatic rings. The molecule has 8 heteroatoms. The molecule has 0 aliphatic carbocycles. The minimum atomic E-state index is -1.97. The number of ketones is 1. The van der Waals surface area contributed by atoms with Crippen LogP contribution in [0.25, 0.3) is 10.4 Å². The number of rotatable bonds is 6. The molecule has 0 radical (unpaired) electrons. The minimum Gasteiger partial charge on any atom is -0.480 e. The number of hydrogen-bond donors (Lipinski definition) is 2. The van der Waals surface area contributed by atoms with Crippen molar-refractivity contribution in [2.45, 2.75) is 11.7 Å². The molecule has 0 spiro atoms. The van der Waals surface area contributed by atoms with E-state index in [1.54, 1.807) is 48.6 Å². The number of carboxylic acids is 1. The van der Waals surface area contributed by atoms with E-state index in [4.69, 9.17) is 16.4 Å². The van der Waals surface area contributed by atoms with E-state index in [1.807, 2.05) is 0 Å². The molecule has 0 bridgehead atoms. The molecule has 118 valence electrons. The van der Waals surface area contributed by atoms with Gasteiger partial charge in [0.2, 0.25) is 0 Å². The van der Waals surface area contributed by atoms with Gasteiger partial charge in [-0.3, -0.25) is 9.59 Å². The summed E-state index contributed by atoms with van der Waals surface area (Å²) in [5.41, 5.74) is 13.3. The second-order valence-electron chi connectivity index (χ2n) is 4.95. The molecule has 2 rings (SSSR count). The number of azide groups is 1. The summed E-state index contributed by atoms with van der Waals surface area (Å²) in [7, 11) is 0. The first-order chi connectivity index (χ1) is 11.0. The largest absolute Gasteiger partial charge is 0.480 e. The fourth-order valence-corrected chi connectivity index (χ4v) is 2.37. The Hall–Kier alpha value is -3.09. The maximum Gasteiger partial charge on any atom is 0.323 e. The third kappa shape index (κ3) is 3.39. The van der Waals surface area contributed by atoms with Crippen molar-refractivity contribution in [2.75, 3.05) is 6.54 Å². The molecular weight excluding hydrogens is 298 g/mol. The lowest BCUT2D eigenvalue weighted by molar-refractivity contribution is -0.138. The summed E-state index contributed by atoms with van der Waals surface area (Å²) in [5, 5.41) is 12.5. The highest BCUT2D eigenvalue weighted by molar-refractivity contribution is 6.03. The summed E-state index contributed by atoms with van der Waals surface area (Å²) >= 11 is 0. The Morgan fingerprint density at radius 3 is 2.65 bits per heavy atom. The van der Waals surface area contributed by atoms with Gasteiger partial charge in [-0.1, -0.05) is 47.6 Å². The highest BCUT2D eigenvalue weighted by Crippen LogP contribution is 2.25. The van der Waals surface area contributed by atoms with Gasteiger partial charge < -0.3 is 15.7 Å². The fourth-order valence-electron chi connectivity index (χ4n) is 2.37. The molecule has 1 aliphatic heterocycles. The number of carboxylic acid groups (broad SMARTS) is 1. The van der Waals surface area contributed by atoms with Crippen LogP contribution in [0.15, 0.2) is 59.9 Å². The molecule has 23 heavy (non-hydrogen) atoms. The predicted molar refractivity (Wildman–Crippen MR) is 83.2 cm³/mol. The Morgan fingerprint density at radius 2 is 2.04 bits per heavy atom. The van der Waals surface area contributed by atoms with Gasteiger partial charge in [0.25, 0.3) is 0 Å². The van der Waals surface area contributed by atoms with Crippen LogP contribution in [0.4, 0.5) is 0 Å². The lowest BCUT2D eigenvalue weighted by Gasteiger charge is -2.38. The van der Waals surface area contributed by atoms with Crippen molar-refractivity contribution < 1.29 is 14.7 Å². The topological polar surface area (TPSA) is 132 Å². The molecule has 0 aromatic heterocycles. The number of carbonyl (C=O) groups excluding carboxylic acids is 1. The molecule has 0 saturated carbocycles. The van der Waals surface area contributed by atoms with Crippen LogP contribution in [0.3, 0.4) is 0 Å². The van der Waals surface area contributed by atoms with Crippen molar-refractivity contribution >= 4 is 11.8 Å². The molecule has 0 fully saturated rings. The lowest BCUT2D eigenvalue weighted by Crippen LogP contribution is -2.61. The Bertz CT molecular complexity index is 709. The number of hydrogen-bond acceptors (Lipinski definition) is 5. The van der Waals surface area contributed by atoms with E-state index in [9.17, 15) is 9.59 Å². The Morgan fingerprint density at radius 1 is 1.35 bits per heavy atom. The summed E-state index contributed by atoms with van der Waals surface area (Å²) in [6, 6.07) is 7.27. The summed E-state index contributed by atoms with van der Waals surface area (Å²) in [6.45, 7) is -0.381. The van der Waals surface area contributed by atoms with Gasteiger partial charge in [0.05, 0.1) is 6.04 Å². The van der Waals surface area contributed by atoms with Crippen LogP contribution in [-0.2, 0) is 4.79 Å². The first-order valence-electron chi connectivity index (χ1n) is 6.76. The van der Waals surface area contributed by atoms with Crippen molar-refractivity contribution in [3.05, 3.63) is 70.8 Å². The van der Waals surface area contributed by atoms with Crippen LogP contribution in [-0.4, -0.2) is 40.0 Å². The predicted octanol–water partition coefficient (Wildman–Crippen LogP) is 1.67. The van der Waals surface area contributed by atoms with Gasteiger partial charge in [0, 0.05) is 16.7 Å². The normalized spacial score (nSPS) is 18.8. The quantitative estimate of drug-likeness (QED) is 0.357. The highest BCUT2D eigenvalue weighted by atomic mass is 16.4. The zero-order valence-electron chi connectivity index (χ0n) is 12.1. The maximum atomic E-state index is 12.8. The van der Waals surface area contributed by atoms with Crippen LogP contribution in [0, 0.1) is 0 Å². The van der Waals surface area contributed by atoms with E-state index in [2.05, 4.69) is 10.0 Å². The molecule has 0 amide bonds. The molecule has 2 unspecified atom stereocenters. The van der Waals surface area contributed by atoms with Crippen molar-refractivity contribution in [1.82, 2.24) is 4.90 Å². The summed E-state index contributed by atoms with van der Waals surface area (Å²) in [5.74, 6) is -1.68. The lowest BCUT2D eigenvalue weighted by atomic mass is 9.90. The standard InChI is InChI=1S/C15H15N5O3/c16-15(18-19-17,14(23)11-6-2-1-3-7-11)12-8-4-5-9-20(12)10-13(21)22/h1-9,12H,10,16H2,(H,21,22). The third-order valence-electron chi connectivity index (χ3n) is 3.42. The van der Waals surface area contributed by atoms with Crippen molar-refractivity contribution in [3.63, 3.8) is 0 Å². The van der Waals surface area contributed by atoms with Crippen LogP contribution in [0.5, 0.6) is 0 Å². The molecular formula is C15H15N5O3. The maximum absolute atomic E-state index is 12.8. The average Bonchev–Trinajstić information content (AvgIpc) is 2.55. The van der Waals surface area contributed by atoms with Crippen molar-refractivity contribution in [2.24, 2.45) is 10.8 Å². The van der Waals surface area contributed by atoms with E-state index >= 15 is 0 Å². The van der Waals surface area contributed by atoms with E-state index in [1.165, 1.54) is 11.1 Å². The first kappa shape index (κ1) is 16.3. The zero-order valence-corrected chi connectivity index (χ0v) is 12.1. The van der Waals surface area contributed by atoms with Crippen LogP contribution >= 0.6 is 0 Å². The van der Waals surface area contributed by atoms with Gasteiger partial charge in [0.15, 0.2) is 11.4 Å². The minimum absolute atomic E-state index is 0.278. The van der Waals surface area contributed by atoms with Gasteiger partial charge in [-0.15, -0.1) is 0 Å². The number of allylic oxidation sites excluding steroid dienone is 2. The number of carbonyl (C=O) groups is 2. The Kier molecular flexibility index (Phi) is 4.80. The summed E-state index contributed by atoms with van der Waals surface area (Å²) < 4.78 is 0. The van der Waals surface area contributed by atoms with E-state index in [0.717, 1.165) is 0 Å². The molecule has 8 nitrogen and oxygen atoms in total. The summed E-state index contributed by atoms with van der Waals surface area (Å²) in [6.07, 6.45) is 6.27. The van der Waals surface area contributed by atoms with Gasteiger partial charge in [0.1, 0.15) is 6.54 Å². The van der Waals surface area contributed by atoms with Crippen LogP contribution in [0.1, 0.15) is 10.4 Å². The van der Waals surface area contributed by atoms with Gasteiger partial charge in [-0.2, -0.15) is 0 Å². The molecule has 1 aliphatic rings. The van der Waals surface area contributed by atoms with Crippen LogP contribution < -0.4 is 5.73 Å². The van der Waals surface area contributed by atoms with E-state index in [0.29, 0.717) is 0 Å². The highest BCUT2D eigenvalue weighted by Gasteiger charge is 2.44. The smallest absolute Gasteiger partial charge is 0.323 e. The second kappa shape index (κ2) is 6.78. The Balaban J connectivity index is 2.45. The number of nitrogens with zero attached hydrogens (tertiary/aromatic N) is 4. The van der Waals surface area contributed by atoms with E-state index in [-0.39, 0.29) is 12.1 Å². The molecule has 3 N–H and O–H groups in total. The third-order valence-corrected chi connectivity index (χ3v) is 3.42. The number of benzene rings is 1. The molecule has 1 aromatic carbocycles. The molecule has 1 heterocycles. The zero-order chi connectivity index (χ0) is 16.9. The van der Waals surface area contributed by atoms with E-state index < -0.39 is 23.5 Å². The SMILES string of the molecule is [N-]=[N+]=NC(N)(C(=O)c1ccccc1)C1C=CC=CN1CC(=O)O. The number of Topliss-reactive ketones (excluding diaryl/α,β-unsaturated/α-hetero) is 1. The monoisotopic (exact) mass is 313 g/mol. The molecule has 2 atom stereocenters. The van der Waals surface area contributed by atoms with Gasteiger partial charge >= 0.3 is 5.97 Å². The van der Waals surface area contributed by atoms with Crippen molar-refractivity contribution in [3.8, 4) is 0 Å². The van der Waals surface area contributed by atoms with Gasteiger partial charge in [-0.25, -0.2) is 0 Å². The first-order valence-corrected chi connectivity index (χ1v) is 6.76.